The highest BCUT2D eigenvalue weighted by molar-refractivity contribution is 6.38. The average Bonchev–Trinajstić information content (AvgIpc) is 3.31. The monoisotopic (exact) mass is 446 g/mol. The number of alkyl halides is 1. The number of fused-ring (bicyclic) bond motifs is 4. The highest BCUT2D eigenvalue weighted by Crippen LogP contribution is 2.45. The fourth-order valence-electron chi connectivity index (χ4n) is 4.56. The van der Waals surface area contributed by atoms with Crippen LogP contribution in [0, 0.1) is 0 Å². The van der Waals surface area contributed by atoms with Gasteiger partial charge < -0.3 is 24.1 Å². The van der Waals surface area contributed by atoms with Crippen molar-refractivity contribution in [1.29, 1.82) is 0 Å². The third-order valence-electron chi connectivity index (χ3n) is 5.83. The van der Waals surface area contributed by atoms with E-state index in [2.05, 4.69) is 4.98 Å². The van der Waals surface area contributed by atoms with Crippen LogP contribution in [-0.2, 0) is 20.7 Å². The van der Waals surface area contributed by atoms with Crippen molar-refractivity contribution in [3.8, 4) is 11.5 Å². The molecule has 158 valence electrons. The summed E-state index contributed by atoms with van der Waals surface area (Å²) in [7, 11) is 12.8. The molecule has 0 aliphatic carbocycles. The normalized spacial score (nSPS) is 20.8. The standard InChI is InChI=1S/C22H17B2ClN2O5/c1-30-21(29)15-9-13-12-4-2-3-5-14(12)26-19(13)20(27(15)18(28)10-25)11-6-7-16-17(8-11)32-22(23,24)31-16/h2-8,15,20,26H,9-10H2,1H3/t15-,20-/m1/s1. The number of rotatable bonds is 3. The second-order valence-corrected chi connectivity index (χ2v) is 8.04. The van der Waals surface area contributed by atoms with Crippen molar-refractivity contribution in [2.75, 3.05) is 13.0 Å². The van der Waals surface area contributed by atoms with E-state index in [0.29, 0.717) is 23.5 Å². The Hall–Kier alpha value is -3.06. The van der Waals surface area contributed by atoms with Crippen molar-refractivity contribution in [3.05, 3.63) is 59.3 Å². The number of ether oxygens (including phenoxy) is 3. The van der Waals surface area contributed by atoms with Crippen molar-refractivity contribution in [1.82, 2.24) is 9.88 Å². The number of carbonyl (C=O) groups excluding carboxylic acids is 2. The number of amides is 1. The molecule has 1 N–H and O–H groups in total. The third kappa shape index (κ3) is 3.23. The Balaban J connectivity index is 1.72. The van der Waals surface area contributed by atoms with Crippen LogP contribution >= 0.6 is 11.6 Å². The summed E-state index contributed by atoms with van der Waals surface area (Å²) in [6.45, 7) is 0. The van der Waals surface area contributed by atoms with E-state index in [0.717, 1.165) is 22.2 Å². The Morgan fingerprint density at radius 3 is 2.72 bits per heavy atom. The van der Waals surface area contributed by atoms with Gasteiger partial charge in [-0.05, 0) is 29.3 Å². The molecule has 2 aliphatic heterocycles. The first-order valence-electron chi connectivity index (χ1n) is 9.97. The lowest BCUT2D eigenvalue weighted by Gasteiger charge is -2.40. The maximum absolute atomic E-state index is 13.0. The first kappa shape index (κ1) is 20.8. The molecule has 0 spiro atoms. The Morgan fingerprint density at radius 2 is 1.97 bits per heavy atom. The molecule has 1 amide bonds. The van der Waals surface area contributed by atoms with Gasteiger partial charge in [-0.25, -0.2) is 4.79 Å². The predicted octanol–water partition coefficient (Wildman–Crippen LogP) is 2.14. The van der Waals surface area contributed by atoms with Gasteiger partial charge in [0, 0.05) is 23.0 Å². The molecule has 3 heterocycles. The number of nitrogens with one attached hydrogen (secondary N) is 1. The fraction of sp³-hybridized carbons (Fsp3) is 0.273. The van der Waals surface area contributed by atoms with Crippen molar-refractivity contribution in [2.45, 2.75) is 24.1 Å². The van der Waals surface area contributed by atoms with E-state index < -0.39 is 29.5 Å². The van der Waals surface area contributed by atoms with Crippen LogP contribution in [0.2, 0.25) is 0 Å². The lowest BCUT2D eigenvalue weighted by molar-refractivity contribution is -0.154. The zero-order valence-electron chi connectivity index (χ0n) is 17.1. The topological polar surface area (TPSA) is 80.9 Å². The van der Waals surface area contributed by atoms with Crippen LogP contribution in [-0.4, -0.2) is 62.1 Å². The number of methoxy groups -OCH3 is 1. The van der Waals surface area contributed by atoms with Crippen molar-refractivity contribution in [2.24, 2.45) is 0 Å². The van der Waals surface area contributed by atoms with Gasteiger partial charge in [-0.2, -0.15) is 0 Å². The number of hydrogen-bond acceptors (Lipinski definition) is 5. The zero-order valence-corrected chi connectivity index (χ0v) is 17.9. The second-order valence-electron chi connectivity index (χ2n) is 7.77. The summed E-state index contributed by atoms with van der Waals surface area (Å²) in [6.07, 6.45) is 0.296. The number of benzene rings is 2. The first-order chi connectivity index (χ1) is 15.3. The van der Waals surface area contributed by atoms with Crippen LogP contribution in [0.15, 0.2) is 42.5 Å². The predicted molar refractivity (Wildman–Crippen MR) is 119 cm³/mol. The van der Waals surface area contributed by atoms with Crippen LogP contribution in [0.5, 0.6) is 11.5 Å². The molecule has 0 fully saturated rings. The fourth-order valence-corrected chi connectivity index (χ4v) is 4.69. The van der Waals surface area contributed by atoms with E-state index in [-0.39, 0.29) is 5.88 Å². The van der Waals surface area contributed by atoms with E-state index >= 15 is 0 Å². The maximum Gasteiger partial charge on any atom is 0.328 e. The van der Waals surface area contributed by atoms with E-state index in [1.165, 1.54) is 12.0 Å². The molecule has 0 unspecified atom stereocenters. The number of esters is 1. The number of H-pyrrole nitrogens is 1. The van der Waals surface area contributed by atoms with Gasteiger partial charge in [0.05, 0.1) is 13.2 Å². The number of carbonyl (C=O) groups is 2. The van der Waals surface area contributed by atoms with E-state index in [4.69, 9.17) is 41.5 Å². The minimum absolute atomic E-state index is 0.293. The quantitative estimate of drug-likeness (QED) is 0.379. The molecule has 2 aliphatic rings. The summed E-state index contributed by atoms with van der Waals surface area (Å²) in [6, 6.07) is 11.4. The van der Waals surface area contributed by atoms with Gasteiger partial charge >= 0.3 is 5.97 Å². The third-order valence-corrected chi connectivity index (χ3v) is 6.06. The van der Waals surface area contributed by atoms with Crippen molar-refractivity contribution in [3.63, 3.8) is 0 Å². The lowest BCUT2D eigenvalue weighted by Crippen LogP contribution is -2.52. The molecule has 10 heteroatoms. The minimum Gasteiger partial charge on any atom is -0.468 e. The molecule has 7 nitrogen and oxygen atoms in total. The van der Waals surface area contributed by atoms with Gasteiger partial charge in [-0.15, -0.1) is 11.6 Å². The van der Waals surface area contributed by atoms with Crippen LogP contribution in [0.25, 0.3) is 10.9 Å². The van der Waals surface area contributed by atoms with Gasteiger partial charge in [-0.1, -0.05) is 24.3 Å². The number of aromatic amines is 1. The summed E-state index contributed by atoms with van der Waals surface area (Å²) in [5.74, 6) is -0.498. The molecular weight excluding hydrogens is 429 g/mol. The maximum atomic E-state index is 13.0. The summed E-state index contributed by atoms with van der Waals surface area (Å²) in [4.78, 5) is 30.7. The van der Waals surface area contributed by atoms with E-state index in [1.54, 1.807) is 18.2 Å². The molecule has 2 atom stereocenters. The molecule has 0 bridgehead atoms. The average molecular weight is 446 g/mol. The van der Waals surface area contributed by atoms with Gasteiger partial charge in [0.15, 0.2) is 32.8 Å². The minimum atomic E-state index is -1.78. The summed E-state index contributed by atoms with van der Waals surface area (Å²) in [5.41, 5.74) is 1.51. The summed E-state index contributed by atoms with van der Waals surface area (Å²) >= 11 is 5.96. The van der Waals surface area contributed by atoms with Crippen LogP contribution < -0.4 is 9.47 Å². The van der Waals surface area contributed by atoms with Gasteiger partial charge in [0.1, 0.15) is 11.9 Å². The number of nitrogens with zero attached hydrogens (tertiary/aromatic N) is 1. The number of halogens is 1. The molecule has 2 aromatic carbocycles. The first-order valence-corrected chi connectivity index (χ1v) is 10.5. The van der Waals surface area contributed by atoms with Gasteiger partial charge in [-0.3, -0.25) is 4.79 Å². The smallest absolute Gasteiger partial charge is 0.328 e. The van der Waals surface area contributed by atoms with Gasteiger partial charge in [0.2, 0.25) is 5.91 Å². The molecule has 0 saturated heterocycles. The van der Waals surface area contributed by atoms with Crippen LogP contribution in [0.3, 0.4) is 0 Å². The molecule has 1 aromatic heterocycles. The van der Waals surface area contributed by atoms with Crippen LogP contribution in [0.4, 0.5) is 0 Å². The largest absolute Gasteiger partial charge is 0.468 e. The number of hydrogen-bond donors (Lipinski definition) is 1. The zero-order chi connectivity index (χ0) is 22.6. The summed E-state index contributed by atoms with van der Waals surface area (Å²) < 4.78 is 15.9. The van der Waals surface area contributed by atoms with Crippen LogP contribution in [0.1, 0.15) is 22.9 Å². The summed E-state index contributed by atoms with van der Waals surface area (Å²) in [5, 5.41) is 0.975. The SMILES string of the molecule is [B]C1([B])Oc2ccc([C@@H]3c4[nH]c5ccccc5c4C[C@H](C(=O)OC)N3C(=O)CCl)cc2O1. The Labute approximate surface area is 191 Å². The molecule has 3 aromatic rings. The van der Waals surface area contributed by atoms with E-state index in [9.17, 15) is 9.59 Å². The lowest BCUT2D eigenvalue weighted by atomic mass is 9.76. The van der Waals surface area contributed by atoms with Gasteiger partial charge in [0.25, 0.3) is 0 Å². The highest BCUT2D eigenvalue weighted by Gasteiger charge is 2.44. The van der Waals surface area contributed by atoms with Crippen molar-refractivity contribution >= 4 is 50.1 Å². The Morgan fingerprint density at radius 1 is 1.22 bits per heavy atom. The Bertz CT molecular complexity index is 1240. The highest BCUT2D eigenvalue weighted by atomic mass is 35.5. The Kier molecular flexibility index (Phi) is 4.89. The number of aromatic nitrogens is 1. The molecule has 5 rings (SSSR count). The molecule has 32 heavy (non-hydrogen) atoms. The molecule has 4 radical (unpaired) electrons. The second kappa shape index (κ2) is 7.52. The molecular formula is C22H17B2ClN2O5. The van der Waals surface area contributed by atoms with E-state index in [1.807, 2.05) is 24.3 Å². The van der Waals surface area contributed by atoms with Crippen molar-refractivity contribution < 1.29 is 23.8 Å². The molecule has 0 saturated carbocycles. The number of para-hydroxylation sites is 1.